The molecular weight excluding hydrogens is 164 g/mol. The molecule has 0 unspecified atom stereocenters. The highest BCUT2D eigenvalue weighted by molar-refractivity contribution is 4.85. The summed E-state index contributed by atoms with van der Waals surface area (Å²) in [6, 6.07) is 0.246. The molecule has 0 amide bonds. The Kier molecular flexibility index (Phi) is 4.65. The lowest BCUT2D eigenvalue weighted by Gasteiger charge is -2.36. The maximum atomic E-state index is 8.17. The van der Waals surface area contributed by atoms with Crippen molar-refractivity contribution in [1.29, 1.82) is 0 Å². The van der Waals surface area contributed by atoms with Crippen LogP contribution in [-0.4, -0.2) is 30.6 Å². The van der Waals surface area contributed by atoms with Gasteiger partial charge in [0, 0.05) is 18.0 Å². The van der Waals surface area contributed by atoms with E-state index in [1.807, 2.05) is 0 Å². The van der Waals surface area contributed by atoms with E-state index >= 15 is 0 Å². The molecule has 0 N–H and O–H groups in total. The quantitative estimate of drug-likeness (QED) is 0.269. The fraction of sp³-hybridized carbons (Fsp3) is 1.00. The van der Waals surface area contributed by atoms with Gasteiger partial charge in [0.25, 0.3) is 0 Å². The van der Waals surface area contributed by atoms with Gasteiger partial charge in [-0.3, -0.25) is 0 Å². The maximum Gasteiger partial charge on any atom is 0.0628 e. The standard InChI is InChI=1S/C9H18N4/c1-2-3-4-5-6-13-7-9(8-13)11-12-10/h9H,2-8H2,1H3. The number of likely N-dealkylation sites (tertiary alicyclic amines) is 1. The van der Waals surface area contributed by atoms with E-state index in [-0.39, 0.29) is 6.04 Å². The zero-order chi connectivity index (χ0) is 9.52. The van der Waals surface area contributed by atoms with Crippen LogP contribution < -0.4 is 0 Å². The Labute approximate surface area is 79.5 Å². The Morgan fingerprint density at radius 2 is 2.15 bits per heavy atom. The summed E-state index contributed by atoms with van der Waals surface area (Å²) in [5, 5.41) is 3.66. The number of azide groups is 1. The Bertz CT molecular complexity index is 180. The molecule has 0 aromatic heterocycles. The average Bonchev–Trinajstić information content (AvgIpc) is 2.07. The van der Waals surface area contributed by atoms with Gasteiger partial charge in [0.05, 0.1) is 6.04 Å². The third kappa shape index (κ3) is 3.66. The van der Waals surface area contributed by atoms with Crippen LogP contribution in [0.1, 0.15) is 32.6 Å². The minimum atomic E-state index is 0.246. The highest BCUT2D eigenvalue weighted by Gasteiger charge is 2.24. The van der Waals surface area contributed by atoms with Crippen molar-refractivity contribution in [2.24, 2.45) is 5.11 Å². The lowest BCUT2D eigenvalue weighted by molar-refractivity contribution is 0.148. The van der Waals surface area contributed by atoms with Gasteiger partial charge in [-0.05, 0) is 18.5 Å². The highest BCUT2D eigenvalue weighted by atomic mass is 15.3. The van der Waals surface area contributed by atoms with Crippen LogP contribution in [0.5, 0.6) is 0 Å². The molecule has 1 fully saturated rings. The molecule has 1 rings (SSSR count). The molecule has 1 aliphatic heterocycles. The molecule has 4 heteroatoms. The van der Waals surface area contributed by atoms with Crippen molar-refractivity contribution in [3.8, 4) is 0 Å². The first kappa shape index (κ1) is 10.4. The molecule has 0 bridgehead atoms. The SMILES string of the molecule is CCCCCCN1CC(N=[N+]=[N-])C1. The van der Waals surface area contributed by atoms with E-state index < -0.39 is 0 Å². The topological polar surface area (TPSA) is 52.0 Å². The Balaban J connectivity index is 1.92. The van der Waals surface area contributed by atoms with Crippen molar-refractivity contribution < 1.29 is 0 Å². The van der Waals surface area contributed by atoms with Gasteiger partial charge in [0.2, 0.25) is 0 Å². The fourth-order valence-electron chi connectivity index (χ4n) is 1.63. The minimum Gasteiger partial charge on any atom is -0.302 e. The molecule has 0 radical (unpaired) electrons. The van der Waals surface area contributed by atoms with E-state index in [9.17, 15) is 0 Å². The predicted molar refractivity (Wildman–Crippen MR) is 53.5 cm³/mol. The second-order valence-electron chi connectivity index (χ2n) is 3.68. The number of nitrogens with zero attached hydrogens (tertiary/aromatic N) is 4. The predicted octanol–water partition coefficient (Wildman–Crippen LogP) is 2.56. The normalized spacial score (nSPS) is 17.9. The second-order valence-corrected chi connectivity index (χ2v) is 3.68. The zero-order valence-electron chi connectivity index (χ0n) is 8.32. The Morgan fingerprint density at radius 3 is 2.77 bits per heavy atom. The van der Waals surface area contributed by atoms with Crippen molar-refractivity contribution in [1.82, 2.24) is 4.90 Å². The van der Waals surface area contributed by atoms with Crippen LogP contribution in [0.3, 0.4) is 0 Å². The van der Waals surface area contributed by atoms with Gasteiger partial charge < -0.3 is 4.90 Å². The molecule has 0 aliphatic carbocycles. The van der Waals surface area contributed by atoms with Crippen molar-refractivity contribution in [3.63, 3.8) is 0 Å². The first-order chi connectivity index (χ1) is 6.36. The third-order valence-corrected chi connectivity index (χ3v) is 2.48. The van der Waals surface area contributed by atoms with E-state index in [1.54, 1.807) is 0 Å². The number of hydrogen-bond donors (Lipinski definition) is 0. The summed E-state index contributed by atoms with van der Waals surface area (Å²) in [6.07, 6.45) is 5.25. The van der Waals surface area contributed by atoms with Gasteiger partial charge in [-0.2, -0.15) is 0 Å². The summed E-state index contributed by atoms with van der Waals surface area (Å²) < 4.78 is 0. The van der Waals surface area contributed by atoms with Crippen LogP contribution in [0.15, 0.2) is 5.11 Å². The zero-order valence-corrected chi connectivity index (χ0v) is 8.32. The molecule has 74 valence electrons. The molecule has 4 nitrogen and oxygen atoms in total. The summed E-state index contributed by atoms with van der Waals surface area (Å²) in [7, 11) is 0. The monoisotopic (exact) mass is 182 g/mol. The maximum absolute atomic E-state index is 8.17. The molecule has 0 atom stereocenters. The molecule has 0 spiro atoms. The number of rotatable bonds is 6. The van der Waals surface area contributed by atoms with Crippen LogP contribution in [0.25, 0.3) is 10.4 Å². The molecular formula is C9H18N4. The van der Waals surface area contributed by atoms with Gasteiger partial charge >= 0.3 is 0 Å². The molecule has 1 heterocycles. The molecule has 0 saturated carbocycles. The van der Waals surface area contributed by atoms with Crippen molar-refractivity contribution in [2.45, 2.75) is 38.6 Å². The average molecular weight is 182 g/mol. The molecule has 1 saturated heterocycles. The summed E-state index contributed by atoms with van der Waals surface area (Å²) in [5.41, 5.74) is 8.17. The van der Waals surface area contributed by atoms with Crippen LogP contribution >= 0.6 is 0 Å². The third-order valence-electron chi connectivity index (χ3n) is 2.48. The van der Waals surface area contributed by atoms with Gasteiger partial charge in [0.1, 0.15) is 0 Å². The summed E-state index contributed by atoms with van der Waals surface area (Å²) in [5.74, 6) is 0. The van der Waals surface area contributed by atoms with Gasteiger partial charge in [-0.25, -0.2) is 0 Å². The molecule has 13 heavy (non-hydrogen) atoms. The van der Waals surface area contributed by atoms with Gasteiger partial charge in [-0.15, -0.1) is 0 Å². The van der Waals surface area contributed by atoms with Gasteiger partial charge in [0.15, 0.2) is 0 Å². The Morgan fingerprint density at radius 1 is 1.38 bits per heavy atom. The van der Waals surface area contributed by atoms with Crippen LogP contribution in [0.4, 0.5) is 0 Å². The summed E-state index contributed by atoms with van der Waals surface area (Å²) >= 11 is 0. The first-order valence-corrected chi connectivity index (χ1v) is 5.13. The molecule has 0 aromatic rings. The Hall–Kier alpha value is -0.730. The van der Waals surface area contributed by atoms with E-state index in [2.05, 4.69) is 21.8 Å². The van der Waals surface area contributed by atoms with Crippen molar-refractivity contribution in [2.75, 3.05) is 19.6 Å². The summed E-state index contributed by atoms with van der Waals surface area (Å²) in [6.45, 7) is 5.34. The smallest absolute Gasteiger partial charge is 0.0628 e. The van der Waals surface area contributed by atoms with E-state index in [4.69, 9.17) is 5.53 Å². The van der Waals surface area contributed by atoms with Crippen LogP contribution in [0.2, 0.25) is 0 Å². The van der Waals surface area contributed by atoms with E-state index in [1.165, 1.54) is 32.2 Å². The van der Waals surface area contributed by atoms with Crippen LogP contribution in [-0.2, 0) is 0 Å². The summed E-state index contributed by atoms with van der Waals surface area (Å²) in [4.78, 5) is 5.16. The number of unbranched alkanes of at least 4 members (excludes halogenated alkanes) is 3. The molecule has 1 aliphatic rings. The minimum absolute atomic E-state index is 0.246. The van der Waals surface area contributed by atoms with E-state index in [0.29, 0.717) is 0 Å². The second kappa shape index (κ2) is 5.84. The van der Waals surface area contributed by atoms with Crippen molar-refractivity contribution in [3.05, 3.63) is 10.4 Å². The lowest BCUT2D eigenvalue weighted by Crippen LogP contribution is -2.49. The van der Waals surface area contributed by atoms with E-state index in [0.717, 1.165) is 13.1 Å². The molecule has 0 aromatic carbocycles. The fourth-order valence-corrected chi connectivity index (χ4v) is 1.63. The largest absolute Gasteiger partial charge is 0.302 e. The highest BCUT2D eigenvalue weighted by Crippen LogP contribution is 2.12. The first-order valence-electron chi connectivity index (χ1n) is 5.13. The number of hydrogen-bond acceptors (Lipinski definition) is 2. The van der Waals surface area contributed by atoms with Crippen LogP contribution in [0, 0.1) is 0 Å². The van der Waals surface area contributed by atoms with Gasteiger partial charge in [-0.1, -0.05) is 31.3 Å². The van der Waals surface area contributed by atoms with Crippen molar-refractivity contribution >= 4 is 0 Å². The lowest BCUT2D eigenvalue weighted by atomic mass is 10.1.